The van der Waals surface area contributed by atoms with Gasteiger partial charge in [0.05, 0.1) is 5.56 Å². The molecule has 0 spiro atoms. The molecule has 18 heavy (non-hydrogen) atoms. The molecule has 0 saturated carbocycles. The van der Waals surface area contributed by atoms with Crippen LogP contribution in [0, 0.1) is 0 Å². The molecule has 0 bridgehead atoms. The van der Waals surface area contributed by atoms with E-state index < -0.39 is 0 Å². The quantitative estimate of drug-likeness (QED) is 0.543. The van der Waals surface area contributed by atoms with E-state index in [1.165, 1.54) is 16.2 Å². The molecule has 0 aromatic heterocycles. The molecule has 2 heteroatoms. The first-order valence-corrected chi connectivity index (χ1v) is 7.08. The van der Waals surface area contributed by atoms with Gasteiger partial charge in [-0.05, 0) is 41.0 Å². The summed E-state index contributed by atoms with van der Waals surface area (Å²) in [6.07, 6.45) is 8.39. The highest BCUT2D eigenvalue weighted by atomic mass is 32.2. The van der Waals surface area contributed by atoms with Crippen LogP contribution in [-0.2, 0) is 0 Å². The molecule has 0 N–H and O–H groups in total. The van der Waals surface area contributed by atoms with Gasteiger partial charge in [-0.2, -0.15) is 4.58 Å². The summed E-state index contributed by atoms with van der Waals surface area (Å²) in [4.78, 5) is 0. The fourth-order valence-electron chi connectivity index (χ4n) is 2.69. The number of hydrogen-bond acceptors (Lipinski definition) is 1. The van der Waals surface area contributed by atoms with Crippen molar-refractivity contribution in [3.05, 3.63) is 71.8 Å². The first-order valence-electron chi connectivity index (χ1n) is 6.20. The van der Waals surface area contributed by atoms with Crippen molar-refractivity contribution >= 4 is 16.8 Å². The Kier molecular flexibility index (Phi) is 2.96. The van der Waals surface area contributed by atoms with E-state index in [2.05, 4.69) is 72.2 Å². The third kappa shape index (κ3) is 1.68. The normalized spacial score (nSPS) is 25.4. The zero-order valence-corrected chi connectivity index (χ0v) is 11.2. The molecule has 2 heterocycles. The SMILES string of the molecule is C=CC1C(C)c2ccccc2C2=[N+]1C=CC=CS2. The molecule has 90 valence electrons. The average molecular weight is 254 g/mol. The summed E-state index contributed by atoms with van der Waals surface area (Å²) in [5, 5.41) is 3.44. The van der Waals surface area contributed by atoms with E-state index in [1.807, 2.05) is 0 Å². The zero-order chi connectivity index (χ0) is 12.5. The predicted molar refractivity (Wildman–Crippen MR) is 79.1 cm³/mol. The minimum atomic E-state index is 0.332. The lowest BCUT2D eigenvalue weighted by molar-refractivity contribution is -0.489. The fourth-order valence-corrected chi connectivity index (χ4v) is 3.60. The Bertz CT molecular complexity index is 581. The molecule has 0 aliphatic carbocycles. The third-order valence-electron chi connectivity index (χ3n) is 3.61. The Balaban J connectivity index is 2.26. The molecule has 0 amide bonds. The topological polar surface area (TPSA) is 3.01 Å². The maximum absolute atomic E-state index is 4.01. The number of benzene rings is 1. The van der Waals surface area contributed by atoms with Crippen molar-refractivity contribution in [1.29, 1.82) is 0 Å². The van der Waals surface area contributed by atoms with Gasteiger partial charge in [-0.15, -0.1) is 0 Å². The van der Waals surface area contributed by atoms with Crippen LogP contribution in [0.4, 0.5) is 0 Å². The molecule has 2 unspecified atom stereocenters. The Labute approximate surface area is 112 Å². The number of rotatable bonds is 1. The second kappa shape index (κ2) is 4.62. The van der Waals surface area contributed by atoms with Crippen molar-refractivity contribution in [3.63, 3.8) is 0 Å². The summed E-state index contributed by atoms with van der Waals surface area (Å²) in [5.41, 5.74) is 2.77. The van der Waals surface area contributed by atoms with Crippen LogP contribution in [0.2, 0.25) is 0 Å². The van der Waals surface area contributed by atoms with Crippen LogP contribution in [0.25, 0.3) is 0 Å². The maximum atomic E-state index is 4.01. The summed E-state index contributed by atoms with van der Waals surface area (Å²) < 4.78 is 2.34. The summed E-state index contributed by atoms with van der Waals surface area (Å²) in [5.74, 6) is 0.464. The third-order valence-corrected chi connectivity index (χ3v) is 4.55. The Morgan fingerprint density at radius 2 is 2.11 bits per heavy atom. The second-order valence-electron chi connectivity index (χ2n) is 4.60. The number of nitrogens with zero attached hydrogens (tertiary/aromatic N) is 1. The van der Waals surface area contributed by atoms with Gasteiger partial charge in [-0.1, -0.05) is 31.7 Å². The van der Waals surface area contributed by atoms with Crippen molar-refractivity contribution in [2.75, 3.05) is 0 Å². The lowest BCUT2D eigenvalue weighted by Crippen LogP contribution is -2.35. The van der Waals surface area contributed by atoms with Gasteiger partial charge < -0.3 is 0 Å². The van der Waals surface area contributed by atoms with Crippen molar-refractivity contribution in [1.82, 2.24) is 0 Å². The van der Waals surface area contributed by atoms with E-state index in [0.717, 1.165) is 0 Å². The Morgan fingerprint density at radius 3 is 2.94 bits per heavy atom. The number of thioether (sulfide) groups is 1. The van der Waals surface area contributed by atoms with E-state index in [4.69, 9.17) is 0 Å². The van der Waals surface area contributed by atoms with Gasteiger partial charge in [0.15, 0.2) is 12.2 Å². The molecular weight excluding hydrogens is 238 g/mol. The van der Waals surface area contributed by atoms with Gasteiger partial charge in [-0.3, -0.25) is 0 Å². The predicted octanol–water partition coefficient (Wildman–Crippen LogP) is 3.89. The molecule has 2 aliphatic heterocycles. The van der Waals surface area contributed by atoms with Crippen LogP contribution in [0.5, 0.6) is 0 Å². The van der Waals surface area contributed by atoms with Gasteiger partial charge in [0.25, 0.3) is 5.04 Å². The Hall–Kier alpha value is -1.54. The summed E-state index contributed by atoms with van der Waals surface area (Å²) >= 11 is 1.78. The molecule has 3 rings (SSSR count). The molecule has 0 radical (unpaired) electrons. The van der Waals surface area contributed by atoms with Crippen molar-refractivity contribution in [3.8, 4) is 0 Å². The lowest BCUT2D eigenvalue weighted by Gasteiger charge is -2.26. The maximum Gasteiger partial charge on any atom is 0.252 e. The molecule has 0 fully saturated rings. The van der Waals surface area contributed by atoms with Gasteiger partial charge in [0.2, 0.25) is 0 Å². The molecule has 2 aliphatic rings. The zero-order valence-electron chi connectivity index (χ0n) is 10.4. The van der Waals surface area contributed by atoms with Gasteiger partial charge in [-0.25, -0.2) is 0 Å². The molecule has 1 aromatic rings. The smallest absolute Gasteiger partial charge is 0.185 e. The largest absolute Gasteiger partial charge is 0.252 e. The first-order chi connectivity index (χ1) is 8.83. The number of hydrogen-bond donors (Lipinski definition) is 0. The Morgan fingerprint density at radius 1 is 1.28 bits per heavy atom. The summed E-state index contributed by atoms with van der Waals surface area (Å²) in [7, 11) is 0. The van der Waals surface area contributed by atoms with E-state index in [9.17, 15) is 0 Å². The average Bonchev–Trinajstić information content (AvgIpc) is 2.65. The highest BCUT2D eigenvalue weighted by molar-refractivity contribution is 8.16. The van der Waals surface area contributed by atoms with Crippen LogP contribution < -0.4 is 0 Å². The van der Waals surface area contributed by atoms with Crippen LogP contribution in [0.1, 0.15) is 24.0 Å². The fraction of sp³-hybridized carbons (Fsp3) is 0.188. The summed E-state index contributed by atoms with van der Waals surface area (Å²) in [6, 6.07) is 9.02. The lowest BCUT2D eigenvalue weighted by atomic mass is 9.87. The van der Waals surface area contributed by atoms with Crippen LogP contribution in [0.3, 0.4) is 0 Å². The van der Waals surface area contributed by atoms with E-state index in [-0.39, 0.29) is 0 Å². The summed E-state index contributed by atoms with van der Waals surface area (Å²) in [6.45, 7) is 6.29. The molecule has 1 aromatic carbocycles. The molecule has 2 atom stereocenters. The number of fused-ring (bicyclic) bond motifs is 2. The molecule has 0 saturated heterocycles. The highest BCUT2D eigenvalue weighted by Gasteiger charge is 2.36. The number of allylic oxidation sites excluding steroid dienone is 2. The minimum Gasteiger partial charge on any atom is -0.185 e. The van der Waals surface area contributed by atoms with Crippen LogP contribution in [0.15, 0.2) is 60.7 Å². The van der Waals surface area contributed by atoms with E-state index in [1.54, 1.807) is 11.8 Å². The van der Waals surface area contributed by atoms with E-state index >= 15 is 0 Å². The molecular formula is C16H16NS+. The van der Waals surface area contributed by atoms with Crippen molar-refractivity contribution in [2.45, 2.75) is 18.9 Å². The van der Waals surface area contributed by atoms with Gasteiger partial charge in [0.1, 0.15) is 0 Å². The van der Waals surface area contributed by atoms with Crippen LogP contribution >= 0.6 is 11.8 Å². The van der Waals surface area contributed by atoms with Gasteiger partial charge in [0, 0.05) is 12.0 Å². The van der Waals surface area contributed by atoms with Gasteiger partial charge >= 0.3 is 0 Å². The highest BCUT2D eigenvalue weighted by Crippen LogP contribution is 2.34. The standard InChI is InChI=1S/C16H16NS/c1-3-15-12(2)13-8-4-5-9-14(13)16-17(15)10-6-7-11-18-16/h3-12,15H,1H2,2H3/q+1. The first kappa shape index (κ1) is 11.5. The second-order valence-corrected chi connectivity index (χ2v) is 5.50. The minimum absolute atomic E-state index is 0.332. The monoisotopic (exact) mass is 254 g/mol. The van der Waals surface area contributed by atoms with Crippen LogP contribution in [-0.4, -0.2) is 15.7 Å². The molecule has 1 nitrogen and oxygen atoms in total. The van der Waals surface area contributed by atoms with Crippen molar-refractivity contribution < 1.29 is 4.58 Å². The van der Waals surface area contributed by atoms with Crippen molar-refractivity contribution in [2.24, 2.45) is 0 Å². The van der Waals surface area contributed by atoms with E-state index in [0.29, 0.717) is 12.0 Å².